The third-order valence-electron chi connectivity index (χ3n) is 10.2. The van der Waals surface area contributed by atoms with Crippen LogP contribution in [-0.2, 0) is 16.0 Å². The summed E-state index contributed by atoms with van der Waals surface area (Å²) in [6.45, 7) is 3.11. The van der Waals surface area contributed by atoms with Gasteiger partial charge in [0.15, 0.2) is 5.82 Å². The lowest BCUT2D eigenvalue weighted by molar-refractivity contribution is -0.135. The summed E-state index contributed by atoms with van der Waals surface area (Å²) < 4.78 is 4.05. The van der Waals surface area contributed by atoms with Crippen molar-refractivity contribution in [3.8, 4) is 28.1 Å². The topological polar surface area (TPSA) is 157 Å². The molecule has 2 aliphatic rings. The summed E-state index contributed by atoms with van der Waals surface area (Å²) in [6, 6.07) is 19.3. The van der Waals surface area contributed by atoms with Crippen LogP contribution in [0.15, 0.2) is 79.3 Å². The summed E-state index contributed by atoms with van der Waals surface area (Å²) >= 11 is 0. The normalized spacial score (nSPS) is 17.5. The minimum Gasteiger partial charge on any atom is -0.507 e. The number of aromatic hydroxyl groups is 1. The van der Waals surface area contributed by atoms with E-state index >= 15 is 0 Å². The van der Waals surface area contributed by atoms with E-state index in [1.54, 1.807) is 24.4 Å². The summed E-state index contributed by atoms with van der Waals surface area (Å²) in [5, 5.41) is 28.0. The molecule has 2 aliphatic heterocycles. The standard InChI is InChI=1S/C38H39N9O3/c39-36-29(21-31(43-44-36)28-7-1-2-9-34(28)48)25-22-41-46(23-25)26-14-18-45(19-15-26)17-4-3-6-24-10-11-32-30(20-24)27-8-5-16-40-37(27)47(32)33-12-13-35(49)42-38(33)50/h1-2,5,7-11,16,20-23,26,33,48H,3-4,6,12-15,17-19H2,(H2,39,44)(H,42,49,50). The SMILES string of the molecule is Nc1nnc(-c2ccccc2O)cc1-c1cnn(C2CCN(CCCCc3ccc4c(c3)c3cccnc3n4C3CCC(=O)NC3=O)CC2)c1. The van der Waals surface area contributed by atoms with Crippen molar-refractivity contribution in [1.29, 1.82) is 0 Å². The van der Waals surface area contributed by atoms with E-state index in [2.05, 4.69) is 54.3 Å². The highest BCUT2D eigenvalue weighted by atomic mass is 16.3. The smallest absolute Gasteiger partial charge is 0.249 e. The van der Waals surface area contributed by atoms with Crippen LogP contribution in [0.25, 0.3) is 44.3 Å². The van der Waals surface area contributed by atoms with Crippen LogP contribution >= 0.6 is 0 Å². The molecule has 4 aromatic heterocycles. The van der Waals surface area contributed by atoms with Crippen LogP contribution in [-0.4, -0.2) is 71.0 Å². The molecule has 12 heteroatoms. The van der Waals surface area contributed by atoms with Crippen molar-refractivity contribution in [1.82, 2.24) is 39.7 Å². The van der Waals surface area contributed by atoms with Crippen LogP contribution in [0.1, 0.15) is 56.2 Å². The number of para-hydroxylation sites is 1. The van der Waals surface area contributed by atoms with E-state index in [4.69, 9.17) is 10.8 Å². The van der Waals surface area contributed by atoms with E-state index in [9.17, 15) is 14.7 Å². The highest BCUT2D eigenvalue weighted by Crippen LogP contribution is 2.35. The fraction of sp³-hybridized carbons (Fsp3) is 0.316. The number of aryl methyl sites for hydroxylation is 1. The minimum absolute atomic E-state index is 0.146. The van der Waals surface area contributed by atoms with Gasteiger partial charge in [0.05, 0.1) is 23.4 Å². The first-order chi connectivity index (χ1) is 24.4. The first kappa shape index (κ1) is 31.6. The average molecular weight is 670 g/mol. The number of carbonyl (C=O) groups excluding carboxylic acids is 2. The monoisotopic (exact) mass is 669 g/mol. The molecule has 0 bridgehead atoms. The van der Waals surface area contributed by atoms with E-state index in [0.717, 1.165) is 84.8 Å². The molecular weight excluding hydrogens is 630 g/mol. The number of carbonyl (C=O) groups is 2. The first-order valence-electron chi connectivity index (χ1n) is 17.3. The molecule has 2 fully saturated rings. The molecule has 1 atom stereocenters. The van der Waals surface area contributed by atoms with Crippen LogP contribution in [0.3, 0.4) is 0 Å². The second kappa shape index (κ2) is 13.4. The van der Waals surface area contributed by atoms with Gasteiger partial charge < -0.3 is 20.3 Å². The number of nitrogen functional groups attached to an aromatic ring is 1. The predicted octanol–water partition coefficient (Wildman–Crippen LogP) is 5.44. The van der Waals surface area contributed by atoms with Crippen molar-refractivity contribution in [2.45, 2.75) is 57.0 Å². The van der Waals surface area contributed by atoms with Gasteiger partial charge in [-0.25, -0.2) is 4.98 Å². The second-order valence-electron chi connectivity index (χ2n) is 13.3. The van der Waals surface area contributed by atoms with E-state index in [-0.39, 0.29) is 17.6 Å². The van der Waals surface area contributed by atoms with Crippen LogP contribution in [0.2, 0.25) is 0 Å². The lowest BCUT2D eigenvalue weighted by Crippen LogP contribution is -2.41. The fourth-order valence-corrected chi connectivity index (χ4v) is 7.52. The van der Waals surface area contributed by atoms with Crippen LogP contribution in [0.4, 0.5) is 5.82 Å². The Balaban J connectivity index is 0.864. The summed E-state index contributed by atoms with van der Waals surface area (Å²) in [7, 11) is 0. The van der Waals surface area contributed by atoms with Gasteiger partial charge in [0.25, 0.3) is 0 Å². The van der Waals surface area contributed by atoms with Gasteiger partial charge in [-0.3, -0.25) is 19.6 Å². The molecule has 1 unspecified atom stereocenters. The van der Waals surface area contributed by atoms with Crippen molar-refractivity contribution in [2.24, 2.45) is 0 Å². The Kier molecular flexibility index (Phi) is 8.45. The van der Waals surface area contributed by atoms with Gasteiger partial charge in [-0.2, -0.15) is 5.10 Å². The molecule has 6 heterocycles. The van der Waals surface area contributed by atoms with Gasteiger partial charge in [0.1, 0.15) is 17.4 Å². The Labute approximate surface area is 288 Å². The number of hydrogen-bond donors (Lipinski definition) is 3. The van der Waals surface area contributed by atoms with Gasteiger partial charge >= 0.3 is 0 Å². The molecule has 4 N–H and O–H groups in total. The number of amides is 2. The van der Waals surface area contributed by atoms with Crippen molar-refractivity contribution in [3.05, 3.63) is 84.8 Å². The maximum absolute atomic E-state index is 12.8. The minimum atomic E-state index is -0.449. The van der Waals surface area contributed by atoms with E-state index in [1.165, 1.54) is 5.56 Å². The lowest BCUT2D eigenvalue weighted by atomic mass is 10.0. The maximum atomic E-state index is 12.8. The number of phenols is 1. The number of unbranched alkanes of at least 4 members (excludes halogenated alkanes) is 1. The average Bonchev–Trinajstić information content (AvgIpc) is 3.75. The van der Waals surface area contributed by atoms with Gasteiger partial charge in [0, 0.05) is 59.4 Å². The summed E-state index contributed by atoms with van der Waals surface area (Å²) in [5.41, 5.74) is 12.0. The Bertz CT molecular complexity index is 2220. The summed E-state index contributed by atoms with van der Waals surface area (Å²) in [4.78, 5) is 31.7. The molecule has 254 valence electrons. The number of fused-ring (bicyclic) bond motifs is 3. The number of nitrogens with two attached hydrogens (primary N) is 1. The number of nitrogens with one attached hydrogen (secondary N) is 1. The Morgan fingerprint density at radius 2 is 1.78 bits per heavy atom. The molecule has 0 saturated carbocycles. The second-order valence-corrected chi connectivity index (χ2v) is 13.3. The fourth-order valence-electron chi connectivity index (χ4n) is 7.52. The number of aromatic nitrogens is 6. The van der Waals surface area contributed by atoms with Gasteiger partial charge in [-0.05, 0) is 93.1 Å². The van der Waals surface area contributed by atoms with Gasteiger partial charge in [0.2, 0.25) is 11.8 Å². The van der Waals surface area contributed by atoms with Gasteiger partial charge in [-0.1, -0.05) is 18.2 Å². The highest BCUT2D eigenvalue weighted by Gasteiger charge is 2.31. The van der Waals surface area contributed by atoms with Crippen molar-refractivity contribution < 1.29 is 14.7 Å². The molecule has 0 aliphatic carbocycles. The molecule has 2 aromatic carbocycles. The van der Waals surface area contributed by atoms with Crippen molar-refractivity contribution in [3.63, 3.8) is 0 Å². The van der Waals surface area contributed by atoms with E-state index < -0.39 is 6.04 Å². The third-order valence-corrected chi connectivity index (χ3v) is 10.2. The van der Waals surface area contributed by atoms with Crippen LogP contribution in [0, 0.1) is 0 Å². The van der Waals surface area contributed by atoms with Crippen LogP contribution in [0.5, 0.6) is 5.75 Å². The zero-order valence-corrected chi connectivity index (χ0v) is 27.7. The molecule has 12 nitrogen and oxygen atoms in total. The first-order valence-corrected chi connectivity index (χ1v) is 17.3. The van der Waals surface area contributed by atoms with Gasteiger partial charge in [-0.15, -0.1) is 10.2 Å². The molecule has 0 radical (unpaired) electrons. The van der Waals surface area contributed by atoms with Crippen molar-refractivity contribution in [2.75, 3.05) is 25.4 Å². The maximum Gasteiger partial charge on any atom is 0.249 e. The summed E-state index contributed by atoms with van der Waals surface area (Å²) in [5.74, 6) is -0.00612. The zero-order valence-electron chi connectivity index (χ0n) is 27.7. The van der Waals surface area contributed by atoms with Crippen LogP contribution < -0.4 is 11.1 Å². The lowest BCUT2D eigenvalue weighted by Gasteiger charge is -2.32. The van der Waals surface area contributed by atoms with E-state index in [1.807, 2.05) is 35.2 Å². The predicted molar refractivity (Wildman–Crippen MR) is 191 cm³/mol. The van der Waals surface area contributed by atoms with E-state index in [0.29, 0.717) is 36.0 Å². The number of likely N-dealkylation sites (tertiary alicyclic amines) is 1. The highest BCUT2D eigenvalue weighted by molar-refractivity contribution is 6.09. The van der Waals surface area contributed by atoms with Crippen molar-refractivity contribution >= 4 is 39.6 Å². The largest absolute Gasteiger partial charge is 0.507 e. The Hall–Kier alpha value is -5.62. The molecule has 6 aromatic rings. The molecule has 2 saturated heterocycles. The number of piperidine rings is 2. The summed E-state index contributed by atoms with van der Waals surface area (Å²) in [6.07, 6.45) is 11.7. The number of phenolic OH excluding ortho intramolecular Hbond substituents is 1. The quantitative estimate of drug-likeness (QED) is 0.135. The number of nitrogens with zero attached hydrogens (tertiary/aromatic N) is 7. The number of imide groups is 1. The third kappa shape index (κ3) is 6.07. The molecule has 8 rings (SSSR count). The number of benzene rings is 2. The molecule has 50 heavy (non-hydrogen) atoms. The number of rotatable bonds is 9. The number of hydrogen-bond acceptors (Lipinski definition) is 9. The Morgan fingerprint density at radius 3 is 2.62 bits per heavy atom. The number of anilines is 1. The zero-order chi connectivity index (χ0) is 34.2. The molecule has 2 amide bonds. The molecule has 0 spiro atoms. The number of pyridine rings is 1. The molecular formula is C38H39N9O3. The Morgan fingerprint density at radius 1 is 0.920 bits per heavy atom.